The van der Waals surface area contributed by atoms with Crippen molar-refractivity contribution in [1.82, 2.24) is 15.2 Å². The molecule has 0 aliphatic carbocycles. The van der Waals surface area contributed by atoms with Crippen LogP contribution in [0.1, 0.15) is 17.4 Å². The normalized spacial score (nSPS) is 19.1. The third-order valence-corrected chi connectivity index (χ3v) is 2.83. The highest BCUT2D eigenvalue weighted by Gasteiger charge is 2.34. The van der Waals surface area contributed by atoms with E-state index in [4.69, 9.17) is 5.84 Å². The maximum absolute atomic E-state index is 12.2. The number of pyridine rings is 1. The highest BCUT2D eigenvalue weighted by molar-refractivity contribution is 6.06. The maximum Gasteiger partial charge on any atom is 0.273 e. The lowest BCUT2D eigenvalue weighted by Crippen LogP contribution is -2.58. The fourth-order valence-corrected chi connectivity index (χ4v) is 1.72. The van der Waals surface area contributed by atoms with Crippen LogP contribution in [0.15, 0.2) is 18.3 Å². The highest BCUT2D eigenvalue weighted by atomic mass is 16.2. The number of imide groups is 1. The van der Waals surface area contributed by atoms with Crippen LogP contribution in [0.3, 0.4) is 0 Å². The molecule has 0 saturated carbocycles. The smallest absolute Gasteiger partial charge is 0.273 e. The van der Waals surface area contributed by atoms with E-state index in [1.165, 1.54) is 17.2 Å². The minimum Gasteiger partial charge on any atom is -0.323 e. The number of rotatable bonds is 2. The van der Waals surface area contributed by atoms with E-state index in [0.717, 1.165) is 0 Å². The predicted molar refractivity (Wildman–Crippen MR) is 65.7 cm³/mol. The SMILES string of the molecule is CC1C(=O)NC(=O)CN1C(=O)c1ccc(NN)cn1. The molecule has 8 nitrogen and oxygen atoms in total. The van der Waals surface area contributed by atoms with Crippen molar-refractivity contribution in [2.45, 2.75) is 13.0 Å². The minimum atomic E-state index is -0.709. The monoisotopic (exact) mass is 263 g/mol. The van der Waals surface area contributed by atoms with Gasteiger partial charge >= 0.3 is 0 Å². The van der Waals surface area contributed by atoms with E-state index < -0.39 is 23.8 Å². The molecule has 4 N–H and O–H groups in total. The number of piperazine rings is 1. The number of nitrogens with zero attached hydrogens (tertiary/aromatic N) is 2. The summed E-state index contributed by atoms with van der Waals surface area (Å²) in [5.74, 6) is 3.72. The van der Waals surface area contributed by atoms with Gasteiger partial charge in [0.1, 0.15) is 18.3 Å². The molecule has 1 aliphatic heterocycles. The van der Waals surface area contributed by atoms with Crippen LogP contribution in [0.2, 0.25) is 0 Å². The Labute approximate surface area is 108 Å². The Morgan fingerprint density at radius 2 is 2.26 bits per heavy atom. The number of hydrazine groups is 1. The number of nitrogens with one attached hydrogen (secondary N) is 2. The lowest BCUT2D eigenvalue weighted by molar-refractivity contribution is -0.138. The van der Waals surface area contributed by atoms with Crippen molar-refractivity contribution in [2.24, 2.45) is 5.84 Å². The van der Waals surface area contributed by atoms with E-state index >= 15 is 0 Å². The second-order valence-corrected chi connectivity index (χ2v) is 4.10. The number of nitrogens with two attached hydrogens (primary N) is 1. The van der Waals surface area contributed by atoms with Crippen LogP contribution in [-0.4, -0.2) is 40.2 Å². The fraction of sp³-hybridized carbons (Fsp3) is 0.273. The van der Waals surface area contributed by atoms with E-state index in [1.54, 1.807) is 13.0 Å². The number of hydrogen-bond donors (Lipinski definition) is 3. The first-order valence-corrected chi connectivity index (χ1v) is 5.60. The number of carbonyl (C=O) groups is 3. The number of aromatic nitrogens is 1. The number of amides is 3. The van der Waals surface area contributed by atoms with Gasteiger partial charge in [0, 0.05) is 0 Å². The van der Waals surface area contributed by atoms with Crippen molar-refractivity contribution in [2.75, 3.05) is 12.0 Å². The van der Waals surface area contributed by atoms with Crippen LogP contribution in [0.5, 0.6) is 0 Å². The van der Waals surface area contributed by atoms with Crippen molar-refractivity contribution in [3.8, 4) is 0 Å². The minimum absolute atomic E-state index is 0.147. The molecule has 1 aliphatic rings. The summed E-state index contributed by atoms with van der Waals surface area (Å²) in [6, 6.07) is 2.34. The molecule has 1 unspecified atom stereocenters. The van der Waals surface area contributed by atoms with Gasteiger partial charge in [-0.15, -0.1) is 0 Å². The van der Waals surface area contributed by atoms with Crippen LogP contribution in [0.25, 0.3) is 0 Å². The van der Waals surface area contributed by atoms with E-state index in [1.807, 2.05) is 0 Å². The molecule has 19 heavy (non-hydrogen) atoms. The molecule has 3 amide bonds. The standard InChI is InChI=1S/C11H13N5O3/c1-6-10(18)14-9(17)5-16(6)11(19)8-3-2-7(15-12)4-13-8/h2-4,6,15H,5,12H2,1H3,(H,14,17,18). The Balaban J connectivity index is 2.22. The second kappa shape index (κ2) is 5.02. The maximum atomic E-state index is 12.2. The van der Waals surface area contributed by atoms with Gasteiger partial charge in [-0.3, -0.25) is 25.5 Å². The van der Waals surface area contributed by atoms with Gasteiger partial charge in [-0.2, -0.15) is 0 Å². The number of carbonyl (C=O) groups excluding carboxylic acids is 3. The number of anilines is 1. The molecule has 1 aromatic heterocycles. The highest BCUT2D eigenvalue weighted by Crippen LogP contribution is 2.11. The van der Waals surface area contributed by atoms with Crippen molar-refractivity contribution in [3.05, 3.63) is 24.0 Å². The van der Waals surface area contributed by atoms with Gasteiger partial charge in [-0.05, 0) is 19.1 Å². The van der Waals surface area contributed by atoms with Gasteiger partial charge in [0.25, 0.3) is 5.91 Å². The molecule has 1 saturated heterocycles. The molecule has 0 bridgehead atoms. The molecule has 0 spiro atoms. The summed E-state index contributed by atoms with van der Waals surface area (Å²) in [6.07, 6.45) is 1.39. The van der Waals surface area contributed by atoms with Crippen LogP contribution in [0.4, 0.5) is 5.69 Å². The molecular weight excluding hydrogens is 250 g/mol. The fourth-order valence-electron chi connectivity index (χ4n) is 1.72. The zero-order valence-corrected chi connectivity index (χ0v) is 10.2. The van der Waals surface area contributed by atoms with Gasteiger partial charge in [-0.1, -0.05) is 0 Å². The first-order valence-electron chi connectivity index (χ1n) is 5.60. The Kier molecular flexibility index (Phi) is 3.43. The van der Waals surface area contributed by atoms with Gasteiger partial charge in [0.2, 0.25) is 11.8 Å². The molecular formula is C11H13N5O3. The third kappa shape index (κ3) is 2.52. The van der Waals surface area contributed by atoms with Crippen LogP contribution < -0.4 is 16.6 Å². The molecule has 8 heteroatoms. The second-order valence-electron chi connectivity index (χ2n) is 4.10. The van der Waals surface area contributed by atoms with Gasteiger partial charge < -0.3 is 10.3 Å². The predicted octanol–water partition coefficient (Wildman–Crippen LogP) is -1.15. The Morgan fingerprint density at radius 1 is 1.53 bits per heavy atom. The lowest BCUT2D eigenvalue weighted by Gasteiger charge is -2.31. The summed E-state index contributed by atoms with van der Waals surface area (Å²) in [7, 11) is 0. The summed E-state index contributed by atoms with van der Waals surface area (Å²) in [5, 5.41) is 2.16. The first-order chi connectivity index (χ1) is 9.02. The summed E-state index contributed by atoms with van der Waals surface area (Å²) in [5.41, 5.74) is 3.09. The topological polar surface area (TPSA) is 117 Å². The van der Waals surface area contributed by atoms with Crippen molar-refractivity contribution in [3.63, 3.8) is 0 Å². The van der Waals surface area contributed by atoms with Gasteiger partial charge in [-0.25, -0.2) is 4.98 Å². The van der Waals surface area contributed by atoms with E-state index in [9.17, 15) is 14.4 Å². The van der Waals surface area contributed by atoms with E-state index in [2.05, 4.69) is 15.7 Å². The molecule has 1 aromatic rings. The van der Waals surface area contributed by atoms with Crippen LogP contribution >= 0.6 is 0 Å². The molecule has 100 valence electrons. The van der Waals surface area contributed by atoms with E-state index in [-0.39, 0.29) is 12.2 Å². The molecule has 1 atom stereocenters. The Morgan fingerprint density at radius 3 is 2.84 bits per heavy atom. The Bertz CT molecular complexity index is 528. The molecule has 2 heterocycles. The number of hydrogen-bond acceptors (Lipinski definition) is 6. The lowest BCUT2D eigenvalue weighted by atomic mass is 10.1. The third-order valence-electron chi connectivity index (χ3n) is 2.83. The zero-order valence-electron chi connectivity index (χ0n) is 10.2. The quantitative estimate of drug-likeness (QED) is 0.352. The molecule has 1 fully saturated rings. The summed E-state index contributed by atoms with van der Waals surface area (Å²) < 4.78 is 0. The van der Waals surface area contributed by atoms with Crippen molar-refractivity contribution in [1.29, 1.82) is 0 Å². The van der Waals surface area contributed by atoms with E-state index in [0.29, 0.717) is 5.69 Å². The molecule has 2 rings (SSSR count). The largest absolute Gasteiger partial charge is 0.323 e. The first kappa shape index (κ1) is 13.0. The number of nitrogen functional groups attached to an aromatic ring is 1. The molecule has 0 aromatic carbocycles. The average Bonchev–Trinajstić information content (AvgIpc) is 2.42. The Hall–Kier alpha value is -2.48. The van der Waals surface area contributed by atoms with Crippen LogP contribution in [-0.2, 0) is 9.59 Å². The summed E-state index contributed by atoms with van der Waals surface area (Å²) in [4.78, 5) is 40.1. The molecule has 0 radical (unpaired) electrons. The average molecular weight is 263 g/mol. The van der Waals surface area contributed by atoms with Crippen molar-refractivity contribution >= 4 is 23.4 Å². The zero-order chi connectivity index (χ0) is 14.0. The van der Waals surface area contributed by atoms with Gasteiger partial charge in [0.05, 0.1) is 11.9 Å². The van der Waals surface area contributed by atoms with Gasteiger partial charge in [0.15, 0.2) is 0 Å². The van der Waals surface area contributed by atoms with Crippen molar-refractivity contribution < 1.29 is 14.4 Å². The summed E-state index contributed by atoms with van der Waals surface area (Å²) in [6.45, 7) is 1.39. The van der Waals surface area contributed by atoms with Crippen LogP contribution in [0, 0.1) is 0 Å². The summed E-state index contributed by atoms with van der Waals surface area (Å²) >= 11 is 0.